The van der Waals surface area contributed by atoms with E-state index in [1.165, 1.54) is 0 Å². The van der Waals surface area contributed by atoms with E-state index in [0.717, 1.165) is 34.9 Å². The van der Waals surface area contributed by atoms with Gasteiger partial charge < -0.3 is 24.6 Å². The highest BCUT2D eigenvalue weighted by Gasteiger charge is 2.12. The molecule has 162 valence electrons. The van der Waals surface area contributed by atoms with Crippen LogP contribution in [-0.4, -0.2) is 35.9 Å². The number of benzene rings is 2. The van der Waals surface area contributed by atoms with E-state index in [4.69, 9.17) is 25.6 Å². The molecule has 1 aliphatic heterocycles. The van der Waals surface area contributed by atoms with Crippen LogP contribution in [0.4, 0.5) is 5.69 Å². The van der Waals surface area contributed by atoms with E-state index < -0.39 is 0 Å². The fraction of sp³-hybridized carbons (Fsp3) is 0.318. The third-order valence-electron chi connectivity index (χ3n) is 4.55. The number of aromatic nitrogens is 2. The van der Waals surface area contributed by atoms with Gasteiger partial charge in [0.15, 0.2) is 23.3 Å². The lowest BCUT2D eigenvalue weighted by Gasteiger charge is -2.14. The fourth-order valence-corrected chi connectivity index (χ4v) is 3.30. The van der Waals surface area contributed by atoms with Crippen LogP contribution in [0.2, 0.25) is 5.02 Å². The van der Waals surface area contributed by atoms with Gasteiger partial charge in [0.25, 0.3) is 0 Å². The maximum atomic E-state index is 6.08. The average Bonchev–Trinajstić information content (AvgIpc) is 3.03. The molecule has 0 saturated carbocycles. The number of guanidine groups is 1. The monoisotopic (exact) mass is 441 g/mol. The summed E-state index contributed by atoms with van der Waals surface area (Å²) in [5, 5.41) is 11.2. The number of hydrogen-bond acceptors (Lipinski definition) is 6. The van der Waals surface area contributed by atoms with Crippen molar-refractivity contribution in [3.05, 3.63) is 64.8 Å². The molecule has 3 aromatic rings. The van der Waals surface area contributed by atoms with E-state index in [1.54, 1.807) is 6.92 Å². The van der Waals surface area contributed by atoms with Gasteiger partial charge in [0.1, 0.15) is 6.54 Å². The van der Waals surface area contributed by atoms with E-state index in [-0.39, 0.29) is 6.54 Å². The Morgan fingerprint density at radius 2 is 2.00 bits per heavy atom. The number of aryl methyl sites for hydroxylation is 1. The quantitative estimate of drug-likeness (QED) is 0.441. The molecule has 1 aliphatic rings. The largest absolute Gasteiger partial charge is 0.490 e. The molecule has 2 N–H and O–H groups in total. The molecule has 0 radical (unpaired) electrons. The van der Waals surface area contributed by atoms with Crippen LogP contribution in [0.5, 0.6) is 11.5 Å². The Kier molecular flexibility index (Phi) is 6.89. The highest BCUT2D eigenvalue weighted by molar-refractivity contribution is 6.30. The molecule has 8 nitrogen and oxygen atoms in total. The van der Waals surface area contributed by atoms with E-state index in [1.807, 2.05) is 42.5 Å². The third kappa shape index (κ3) is 6.11. The molecular formula is C22H24ClN5O3. The van der Waals surface area contributed by atoms with E-state index >= 15 is 0 Å². The molecule has 0 atom stereocenters. The number of aliphatic imine (C=N–C) groups is 1. The van der Waals surface area contributed by atoms with Crippen LogP contribution < -0.4 is 20.1 Å². The van der Waals surface area contributed by atoms with Crippen molar-refractivity contribution in [3.8, 4) is 11.5 Å². The second kappa shape index (κ2) is 10.2. The van der Waals surface area contributed by atoms with Gasteiger partial charge in [-0.3, -0.25) is 0 Å². The van der Waals surface area contributed by atoms with Crippen LogP contribution in [0.25, 0.3) is 0 Å². The average molecular weight is 442 g/mol. The molecule has 0 bridgehead atoms. The minimum absolute atomic E-state index is 0.262. The minimum atomic E-state index is 0.262. The molecule has 0 unspecified atom stereocenters. The lowest BCUT2D eigenvalue weighted by molar-refractivity contribution is 0.297. The molecule has 31 heavy (non-hydrogen) atoms. The highest BCUT2D eigenvalue weighted by Crippen LogP contribution is 2.32. The first-order valence-electron chi connectivity index (χ1n) is 10.1. The normalized spacial score (nSPS) is 13.5. The van der Waals surface area contributed by atoms with Crippen molar-refractivity contribution in [3.63, 3.8) is 0 Å². The predicted molar refractivity (Wildman–Crippen MR) is 119 cm³/mol. The van der Waals surface area contributed by atoms with Crippen molar-refractivity contribution in [1.82, 2.24) is 15.5 Å². The van der Waals surface area contributed by atoms with Crippen molar-refractivity contribution in [2.75, 3.05) is 25.1 Å². The van der Waals surface area contributed by atoms with E-state index in [0.29, 0.717) is 43.2 Å². The Hall–Kier alpha value is -3.26. The van der Waals surface area contributed by atoms with Gasteiger partial charge in [0.05, 0.1) is 13.2 Å². The molecule has 4 rings (SSSR count). The van der Waals surface area contributed by atoms with Crippen LogP contribution in [0.1, 0.15) is 23.7 Å². The molecular weight excluding hydrogens is 418 g/mol. The Morgan fingerprint density at radius 1 is 1.13 bits per heavy atom. The zero-order valence-electron chi connectivity index (χ0n) is 17.2. The number of anilines is 1. The van der Waals surface area contributed by atoms with Crippen molar-refractivity contribution in [1.29, 1.82) is 0 Å². The Labute approximate surface area is 185 Å². The summed E-state index contributed by atoms with van der Waals surface area (Å²) >= 11 is 6.08. The van der Waals surface area contributed by atoms with E-state index in [9.17, 15) is 0 Å². The molecule has 1 aromatic heterocycles. The third-order valence-corrected chi connectivity index (χ3v) is 4.78. The number of rotatable bonds is 6. The number of nitrogens with zero attached hydrogens (tertiary/aromatic N) is 3. The topological polar surface area (TPSA) is 93.8 Å². The van der Waals surface area contributed by atoms with Gasteiger partial charge in [-0.15, -0.1) is 0 Å². The number of halogens is 1. The maximum Gasteiger partial charge on any atom is 0.248 e. The highest BCUT2D eigenvalue weighted by atomic mass is 35.5. The van der Waals surface area contributed by atoms with Crippen molar-refractivity contribution >= 4 is 23.2 Å². The molecule has 9 heteroatoms. The summed E-state index contributed by atoms with van der Waals surface area (Å²) in [4.78, 5) is 8.79. The van der Waals surface area contributed by atoms with Gasteiger partial charge >= 0.3 is 0 Å². The summed E-state index contributed by atoms with van der Waals surface area (Å²) in [6.07, 6.45) is 1.65. The molecule has 0 spiro atoms. The number of hydrogen-bond donors (Lipinski definition) is 2. The van der Waals surface area contributed by atoms with Gasteiger partial charge in [-0.25, -0.2) is 4.99 Å². The number of fused-ring (bicyclic) bond motifs is 1. The zero-order chi connectivity index (χ0) is 21.5. The van der Waals surface area contributed by atoms with Gasteiger partial charge in [-0.2, -0.15) is 4.98 Å². The zero-order valence-corrected chi connectivity index (χ0v) is 18.0. The van der Waals surface area contributed by atoms with Gasteiger partial charge in [-0.1, -0.05) is 28.9 Å². The number of nitrogens with one attached hydrogen (secondary N) is 2. The second-order valence-corrected chi connectivity index (χ2v) is 7.48. The summed E-state index contributed by atoms with van der Waals surface area (Å²) in [5.41, 5.74) is 1.97. The first-order valence-corrected chi connectivity index (χ1v) is 10.5. The molecule has 0 aliphatic carbocycles. The summed E-state index contributed by atoms with van der Waals surface area (Å²) in [5.74, 6) is 3.08. The smallest absolute Gasteiger partial charge is 0.248 e. The molecule has 0 saturated heterocycles. The van der Waals surface area contributed by atoms with Crippen LogP contribution >= 0.6 is 11.6 Å². The van der Waals surface area contributed by atoms with E-state index in [2.05, 4.69) is 25.8 Å². The summed E-state index contributed by atoms with van der Waals surface area (Å²) in [7, 11) is 0. The molecule has 0 fully saturated rings. The standard InChI is InChI=1S/C22H24ClN5O3/c1-15-26-21(31-28-15)14-25-22(24-9-8-16-4-2-5-17(23)12-16)27-18-6-7-19-20(13-18)30-11-3-10-29-19/h2,4-7,12-13H,3,8-11,14H2,1H3,(H2,24,25,27). The molecule has 0 amide bonds. The van der Waals surface area contributed by atoms with Crippen LogP contribution in [-0.2, 0) is 13.0 Å². The second-order valence-electron chi connectivity index (χ2n) is 7.04. The van der Waals surface area contributed by atoms with Gasteiger partial charge in [0.2, 0.25) is 5.89 Å². The van der Waals surface area contributed by atoms with Crippen molar-refractivity contribution in [2.45, 2.75) is 26.3 Å². The predicted octanol–water partition coefficient (Wildman–Crippen LogP) is 3.99. The Morgan fingerprint density at radius 3 is 2.81 bits per heavy atom. The Bertz CT molecular complexity index is 1050. The van der Waals surface area contributed by atoms with Crippen LogP contribution in [0.3, 0.4) is 0 Å². The number of ether oxygens (including phenoxy) is 2. The summed E-state index contributed by atoms with van der Waals surface area (Å²) in [6.45, 7) is 3.99. The van der Waals surface area contributed by atoms with Crippen molar-refractivity contribution in [2.24, 2.45) is 4.99 Å². The first kappa shape index (κ1) is 21.0. The lowest BCUT2D eigenvalue weighted by atomic mass is 10.1. The van der Waals surface area contributed by atoms with Gasteiger partial charge in [0, 0.05) is 29.7 Å². The molecule has 2 heterocycles. The van der Waals surface area contributed by atoms with Crippen LogP contribution in [0, 0.1) is 6.92 Å². The SMILES string of the molecule is Cc1noc(CN=C(NCCc2cccc(Cl)c2)Nc2ccc3c(c2)OCCCO3)n1. The lowest BCUT2D eigenvalue weighted by Crippen LogP contribution is -2.32. The Balaban J connectivity index is 1.45. The molecule has 2 aromatic carbocycles. The van der Waals surface area contributed by atoms with Crippen molar-refractivity contribution < 1.29 is 14.0 Å². The van der Waals surface area contributed by atoms with Gasteiger partial charge in [-0.05, 0) is 43.2 Å². The van der Waals surface area contributed by atoms with Crippen LogP contribution in [0.15, 0.2) is 52.0 Å². The first-order chi connectivity index (χ1) is 15.2. The maximum absolute atomic E-state index is 6.08. The fourth-order valence-electron chi connectivity index (χ4n) is 3.09. The summed E-state index contributed by atoms with van der Waals surface area (Å²) < 4.78 is 16.6. The summed E-state index contributed by atoms with van der Waals surface area (Å²) in [6, 6.07) is 13.5. The minimum Gasteiger partial charge on any atom is -0.490 e.